The second-order valence-electron chi connectivity index (χ2n) is 5.69. The van der Waals surface area contributed by atoms with Gasteiger partial charge >= 0.3 is 0 Å². The second kappa shape index (κ2) is 5.56. The van der Waals surface area contributed by atoms with Crippen LogP contribution in [0.4, 0.5) is 8.78 Å². The van der Waals surface area contributed by atoms with Crippen LogP contribution in [0.15, 0.2) is 24.4 Å². The predicted octanol–water partition coefficient (Wildman–Crippen LogP) is 3.34. The smallest absolute Gasteiger partial charge is 0.163 e. The van der Waals surface area contributed by atoms with Crippen LogP contribution < -0.4 is 0 Å². The number of aryl methyl sites for hydroxylation is 2. The van der Waals surface area contributed by atoms with Crippen molar-refractivity contribution in [3.8, 4) is 0 Å². The van der Waals surface area contributed by atoms with Gasteiger partial charge < -0.3 is 4.57 Å². The Bertz CT molecular complexity index is 651. The van der Waals surface area contributed by atoms with Crippen molar-refractivity contribution < 1.29 is 8.78 Å². The number of likely N-dealkylation sites (tertiary alicyclic amines) is 1. The van der Waals surface area contributed by atoms with E-state index in [0.717, 1.165) is 37.0 Å². The highest BCUT2D eigenvalue weighted by Gasteiger charge is 2.29. The highest BCUT2D eigenvalue weighted by Crippen LogP contribution is 2.32. The van der Waals surface area contributed by atoms with Crippen molar-refractivity contribution in [2.75, 3.05) is 6.54 Å². The number of hydrogen-bond acceptors (Lipinski definition) is 2. The van der Waals surface area contributed by atoms with E-state index in [2.05, 4.69) is 9.88 Å². The van der Waals surface area contributed by atoms with Crippen LogP contribution in [0.25, 0.3) is 0 Å². The highest BCUT2D eigenvalue weighted by molar-refractivity contribution is 5.19. The van der Waals surface area contributed by atoms with Gasteiger partial charge in [0.1, 0.15) is 5.82 Å². The topological polar surface area (TPSA) is 21.1 Å². The van der Waals surface area contributed by atoms with E-state index < -0.39 is 11.6 Å². The average molecular weight is 291 g/mol. The van der Waals surface area contributed by atoms with E-state index in [4.69, 9.17) is 0 Å². The first-order chi connectivity index (χ1) is 10.1. The van der Waals surface area contributed by atoms with E-state index in [9.17, 15) is 8.78 Å². The number of benzene rings is 1. The molecule has 0 amide bonds. The van der Waals surface area contributed by atoms with Crippen molar-refractivity contribution >= 4 is 0 Å². The SMILES string of the molecule is Cc1cn(C)c(C2CCCN2Cc2cccc(F)c2F)n1. The van der Waals surface area contributed by atoms with Gasteiger partial charge in [-0.1, -0.05) is 12.1 Å². The van der Waals surface area contributed by atoms with Crippen molar-refractivity contribution in [1.29, 1.82) is 0 Å². The van der Waals surface area contributed by atoms with Gasteiger partial charge in [0.05, 0.1) is 11.7 Å². The van der Waals surface area contributed by atoms with E-state index in [1.165, 1.54) is 0 Å². The van der Waals surface area contributed by atoms with Gasteiger partial charge in [-0.15, -0.1) is 0 Å². The van der Waals surface area contributed by atoms with E-state index in [0.29, 0.717) is 12.1 Å². The third kappa shape index (κ3) is 2.70. The Hall–Kier alpha value is -1.75. The number of hydrogen-bond donors (Lipinski definition) is 0. The first-order valence-electron chi connectivity index (χ1n) is 7.23. The van der Waals surface area contributed by atoms with Crippen LogP contribution in [0.5, 0.6) is 0 Å². The van der Waals surface area contributed by atoms with E-state index in [-0.39, 0.29) is 6.04 Å². The molecule has 0 saturated carbocycles. The summed E-state index contributed by atoms with van der Waals surface area (Å²) in [6.45, 7) is 3.27. The molecule has 3 nitrogen and oxygen atoms in total. The zero-order valence-electron chi connectivity index (χ0n) is 12.3. The molecular formula is C16H19F2N3. The van der Waals surface area contributed by atoms with Crippen LogP contribution in [0, 0.1) is 18.6 Å². The molecule has 0 radical (unpaired) electrons. The first-order valence-corrected chi connectivity index (χ1v) is 7.23. The Morgan fingerprint density at radius 2 is 2.14 bits per heavy atom. The lowest BCUT2D eigenvalue weighted by Crippen LogP contribution is -2.25. The molecule has 1 aromatic carbocycles. The van der Waals surface area contributed by atoms with Gasteiger partial charge in [-0.25, -0.2) is 13.8 Å². The fourth-order valence-electron chi connectivity index (χ4n) is 3.14. The largest absolute Gasteiger partial charge is 0.336 e. The van der Waals surface area contributed by atoms with E-state index in [1.54, 1.807) is 12.1 Å². The van der Waals surface area contributed by atoms with Crippen LogP contribution in [-0.2, 0) is 13.6 Å². The molecule has 1 saturated heterocycles. The van der Waals surface area contributed by atoms with Crippen LogP contribution in [0.1, 0.15) is 36.0 Å². The summed E-state index contributed by atoms with van der Waals surface area (Å²) in [5.41, 5.74) is 1.39. The second-order valence-corrected chi connectivity index (χ2v) is 5.69. The molecule has 0 N–H and O–H groups in total. The molecule has 112 valence electrons. The maximum Gasteiger partial charge on any atom is 0.163 e. The Morgan fingerprint density at radius 3 is 2.86 bits per heavy atom. The molecule has 0 aliphatic carbocycles. The van der Waals surface area contributed by atoms with Crippen molar-refractivity contribution in [1.82, 2.24) is 14.5 Å². The Morgan fingerprint density at radius 1 is 1.33 bits per heavy atom. The minimum Gasteiger partial charge on any atom is -0.336 e. The van der Waals surface area contributed by atoms with E-state index >= 15 is 0 Å². The number of rotatable bonds is 3. The summed E-state index contributed by atoms with van der Waals surface area (Å²) in [6, 6.07) is 4.54. The third-order valence-electron chi connectivity index (χ3n) is 4.10. The maximum atomic E-state index is 13.8. The minimum atomic E-state index is -0.781. The molecule has 1 fully saturated rings. The summed E-state index contributed by atoms with van der Waals surface area (Å²) >= 11 is 0. The van der Waals surface area contributed by atoms with Gasteiger partial charge in [0, 0.05) is 25.4 Å². The molecule has 1 aliphatic rings. The van der Waals surface area contributed by atoms with Crippen molar-refractivity contribution in [2.24, 2.45) is 7.05 Å². The summed E-state index contributed by atoms with van der Waals surface area (Å²) in [4.78, 5) is 6.76. The number of imidazole rings is 1. The third-order valence-corrected chi connectivity index (χ3v) is 4.10. The van der Waals surface area contributed by atoms with Gasteiger partial charge in [-0.05, 0) is 32.4 Å². The summed E-state index contributed by atoms with van der Waals surface area (Å²) in [6.07, 6.45) is 4.04. The summed E-state index contributed by atoms with van der Waals surface area (Å²) in [5, 5.41) is 0. The molecule has 2 heterocycles. The molecule has 1 aromatic heterocycles. The minimum absolute atomic E-state index is 0.173. The van der Waals surface area contributed by atoms with Crippen LogP contribution in [0.2, 0.25) is 0 Å². The zero-order valence-corrected chi connectivity index (χ0v) is 12.3. The van der Waals surface area contributed by atoms with Crippen LogP contribution in [-0.4, -0.2) is 21.0 Å². The molecule has 1 aliphatic heterocycles. The van der Waals surface area contributed by atoms with Gasteiger partial charge in [0.2, 0.25) is 0 Å². The fourth-order valence-corrected chi connectivity index (χ4v) is 3.14. The summed E-state index contributed by atoms with van der Waals surface area (Å²) in [5.74, 6) is -0.517. The van der Waals surface area contributed by atoms with Gasteiger partial charge in [0.15, 0.2) is 11.6 Å². The molecule has 0 spiro atoms. The van der Waals surface area contributed by atoms with Gasteiger partial charge in [-0.2, -0.15) is 0 Å². The van der Waals surface area contributed by atoms with Crippen LogP contribution >= 0.6 is 0 Å². The highest BCUT2D eigenvalue weighted by atomic mass is 19.2. The van der Waals surface area contributed by atoms with Gasteiger partial charge in [0.25, 0.3) is 0 Å². The number of nitrogens with zero attached hydrogens (tertiary/aromatic N) is 3. The average Bonchev–Trinajstić information content (AvgIpc) is 3.01. The lowest BCUT2D eigenvalue weighted by atomic mass is 10.1. The Kier molecular flexibility index (Phi) is 3.76. The summed E-state index contributed by atoms with van der Waals surface area (Å²) < 4.78 is 29.2. The fraction of sp³-hybridized carbons (Fsp3) is 0.438. The normalized spacial score (nSPS) is 19.3. The van der Waals surface area contributed by atoms with E-state index in [1.807, 2.05) is 24.7 Å². The van der Waals surface area contributed by atoms with Crippen molar-refractivity contribution in [3.63, 3.8) is 0 Å². The monoisotopic (exact) mass is 291 g/mol. The molecule has 1 atom stereocenters. The van der Waals surface area contributed by atoms with Crippen molar-refractivity contribution in [3.05, 3.63) is 53.1 Å². The predicted molar refractivity (Wildman–Crippen MR) is 76.7 cm³/mol. The van der Waals surface area contributed by atoms with Crippen molar-refractivity contribution in [2.45, 2.75) is 32.4 Å². The Labute approximate surface area is 123 Å². The van der Waals surface area contributed by atoms with Gasteiger partial charge in [-0.3, -0.25) is 4.90 Å². The summed E-state index contributed by atoms with van der Waals surface area (Å²) in [7, 11) is 1.98. The molecule has 21 heavy (non-hydrogen) atoms. The van der Waals surface area contributed by atoms with Crippen LogP contribution in [0.3, 0.4) is 0 Å². The quantitative estimate of drug-likeness (QED) is 0.865. The standard InChI is InChI=1S/C16H19F2N3/c1-11-9-20(2)16(19-11)14-7-4-8-21(14)10-12-5-3-6-13(17)15(12)18/h3,5-6,9,14H,4,7-8,10H2,1-2H3. The zero-order chi connectivity index (χ0) is 15.0. The molecule has 0 bridgehead atoms. The molecule has 1 unspecified atom stereocenters. The molecular weight excluding hydrogens is 272 g/mol. The number of aromatic nitrogens is 2. The lowest BCUT2D eigenvalue weighted by molar-refractivity contribution is 0.232. The first kappa shape index (κ1) is 14.2. The molecule has 3 rings (SSSR count). The lowest BCUT2D eigenvalue weighted by Gasteiger charge is -2.24. The maximum absolute atomic E-state index is 13.8. The molecule has 2 aromatic rings. The number of halogens is 2. The Balaban J connectivity index is 1.84. The molecule has 5 heteroatoms.